The summed E-state index contributed by atoms with van der Waals surface area (Å²) in [5.74, 6) is 0. The van der Waals surface area contributed by atoms with Crippen molar-refractivity contribution in [3.8, 4) is 11.1 Å². The normalized spacial score (nSPS) is 11.7. The minimum absolute atomic E-state index is 0.851. The molecule has 3 nitrogen and oxygen atoms in total. The van der Waals surface area contributed by atoms with Crippen LogP contribution in [0.3, 0.4) is 0 Å². The second-order valence-corrected chi connectivity index (χ2v) is 11.9. The van der Waals surface area contributed by atoms with E-state index in [1.54, 1.807) is 0 Å². The van der Waals surface area contributed by atoms with Crippen molar-refractivity contribution in [2.75, 3.05) is 4.90 Å². The number of nitrogens with zero attached hydrogens (tertiary/aromatic N) is 2. The van der Waals surface area contributed by atoms with Crippen LogP contribution in [0, 0.1) is 0 Å². The molecule has 202 valence electrons. The van der Waals surface area contributed by atoms with E-state index in [2.05, 4.69) is 126 Å². The molecule has 9 aromatic rings. The van der Waals surface area contributed by atoms with E-state index < -0.39 is 0 Å². The van der Waals surface area contributed by atoms with Gasteiger partial charge in [0.15, 0.2) is 5.58 Å². The second-order valence-electron chi connectivity index (χ2n) is 10.8. The first-order valence-electron chi connectivity index (χ1n) is 14.4. The zero-order chi connectivity index (χ0) is 28.3. The summed E-state index contributed by atoms with van der Waals surface area (Å²) in [5, 5.41) is 5.80. The zero-order valence-electron chi connectivity index (χ0n) is 23.1. The molecule has 9 rings (SSSR count). The van der Waals surface area contributed by atoms with Crippen molar-refractivity contribution in [3.05, 3.63) is 146 Å². The summed E-state index contributed by atoms with van der Waals surface area (Å²) in [6.07, 6.45) is 1.86. The average molecular weight is 569 g/mol. The lowest BCUT2D eigenvalue weighted by Gasteiger charge is -2.26. The fourth-order valence-corrected chi connectivity index (χ4v) is 7.40. The van der Waals surface area contributed by atoms with Crippen LogP contribution in [0.1, 0.15) is 0 Å². The number of hydrogen-bond donors (Lipinski definition) is 0. The first-order valence-corrected chi connectivity index (χ1v) is 15.2. The molecule has 0 amide bonds. The van der Waals surface area contributed by atoms with Gasteiger partial charge in [0.25, 0.3) is 0 Å². The van der Waals surface area contributed by atoms with Crippen molar-refractivity contribution < 1.29 is 4.42 Å². The van der Waals surface area contributed by atoms with E-state index in [1.165, 1.54) is 31.3 Å². The molecule has 4 heteroatoms. The maximum Gasteiger partial charge on any atom is 0.160 e. The van der Waals surface area contributed by atoms with Gasteiger partial charge in [-0.25, -0.2) is 0 Å². The summed E-state index contributed by atoms with van der Waals surface area (Å²) < 4.78 is 9.25. The molecular formula is C39H24N2OS. The summed E-state index contributed by atoms with van der Waals surface area (Å²) in [4.78, 5) is 7.14. The average Bonchev–Trinajstić information content (AvgIpc) is 3.65. The predicted molar refractivity (Wildman–Crippen MR) is 182 cm³/mol. The number of rotatable bonds is 4. The van der Waals surface area contributed by atoms with Crippen LogP contribution in [0.5, 0.6) is 0 Å². The van der Waals surface area contributed by atoms with Crippen molar-refractivity contribution in [2.24, 2.45) is 0 Å². The number of para-hydroxylation sites is 1. The SMILES string of the molecule is c1ccc(-c2ccc(N(c3ccc4sc5ccccc5c4c3)c3cc4ncccc4c4c3oc3ccccc34)cc2)cc1. The fraction of sp³-hybridized carbons (Fsp3) is 0. The van der Waals surface area contributed by atoms with E-state index in [4.69, 9.17) is 9.40 Å². The van der Waals surface area contributed by atoms with Crippen molar-refractivity contribution in [2.45, 2.75) is 0 Å². The van der Waals surface area contributed by atoms with Crippen molar-refractivity contribution >= 4 is 81.4 Å². The Morgan fingerprint density at radius 1 is 0.535 bits per heavy atom. The van der Waals surface area contributed by atoms with E-state index in [0.29, 0.717) is 0 Å². The molecule has 0 saturated carbocycles. The van der Waals surface area contributed by atoms with Crippen LogP contribution in [0.25, 0.3) is 64.1 Å². The van der Waals surface area contributed by atoms with Crippen molar-refractivity contribution in [1.82, 2.24) is 4.98 Å². The molecule has 0 aliphatic rings. The fourth-order valence-electron chi connectivity index (χ4n) is 6.31. The number of furan rings is 1. The Morgan fingerprint density at radius 3 is 2.12 bits per heavy atom. The second kappa shape index (κ2) is 9.55. The quantitative estimate of drug-likeness (QED) is 0.211. The zero-order valence-corrected chi connectivity index (χ0v) is 23.9. The predicted octanol–water partition coefficient (Wildman–Crippen LogP) is 11.6. The summed E-state index contributed by atoms with van der Waals surface area (Å²) in [6, 6.07) is 49.3. The van der Waals surface area contributed by atoms with Gasteiger partial charge in [-0.15, -0.1) is 11.3 Å². The van der Waals surface area contributed by atoms with E-state index in [1.807, 2.05) is 35.7 Å². The van der Waals surface area contributed by atoms with Crippen LogP contribution >= 0.6 is 11.3 Å². The van der Waals surface area contributed by atoms with Crippen LogP contribution in [0.15, 0.2) is 150 Å². The molecule has 43 heavy (non-hydrogen) atoms. The number of fused-ring (bicyclic) bond motifs is 8. The number of aromatic nitrogens is 1. The maximum atomic E-state index is 6.68. The van der Waals surface area contributed by atoms with Crippen LogP contribution in [-0.4, -0.2) is 4.98 Å². The smallest absolute Gasteiger partial charge is 0.160 e. The molecule has 0 unspecified atom stereocenters. The highest BCUT2D eigenvalue weighted by atomic mass is 32.1. The van der Waals surface area contributed by atoms with Gasteiger partial charge in [-0.2, -0.15) is 0 Å². The van der Waals surface area contributed by atoms with Gasteiger partial charge in [-0.05, 0) is 65.7 Å². The molecule has 0 fully saturated rings. The molecule has 0 bridgehead atoms. The van der Waals surface area contributed by atoms with Gasteiger partial charge in [0, 0.05) is 53.9 Å². The first-order chi connectivity index (χ1) is 21.3. The van der Waals surface area contributed by atoms with Crippen molar-refractivity contribution in [3.63, 3.8) is 0 Å². The lowest BCUT2D eigenvalue weighted by molar-refractivity contribution is 0.669. The molecule has 0 spiro atoms. The molecule has 0 radical (unpaired) electrons. The summed E-state index contributed by atoms with van der Waals surface area (Å²) in [7, 11) is 0. The van der Waals surface area contributed by atoms with Gasteiger partial charge in [-0.1, -0.05) is 84.9 Å². The van der Waals surface area contributed by atoms with Crippen LogP contribution in [-0.2, 0) is 0 Å². The van der Waals surface area contributed by atoms with E-state index in [-0.39, 0.29) is 0 Å². The highest BCUT2D eigenvalue weighted by Crippen LogP contribution is 2.46. The Hall–Kier alpha value is -5.45. The molecule has 6 aromatic carbocycles. The minimum atomic E-state index is 0.851. The molecule has 0 N–H and O–H groups in total. The highest BCUT2D eigenvalue weighted by molar-refractivity contribution is 7.25. The van der Waals surface area contributed by atoms with E-state index in [9.17, 15) is 0 Å². The van der Waals surface area contributed by atoms with E-state index in [0.717, 1.165) is 49.9 Å². The maximum absolute atomic E-state index is 6.68. The van der Waals surface area contributed by atoms with Gasteiger partial charge in [0.05, 0.1) is 11.2 Å². The van der Waals surface area contributed by atoms with Crippen LogP contribution in [0.2, 0.25) is 0 Å². The van der Waals surface area contributed by atoms with Gasteiger partial charge >= 0.3 is 0 Å². The third-order valence-electron chi connectivity index (χ3n) is 8.30. The Morgan fingerprint density at radius 2 is 1.23 bits per heavy atom. The molecule has 0 aliphatic heterocycles. The molecule has 0 saturated heterocycles. The van der Waals surface area contributed by atoms with Gasteiger partial charge < -0.3 is 9.32 Å². The van der Waals surface area contributed by atoms with Crippen LogP contribution < -0.4 is 4.90 Å². The first kappa shape index (κ1) is 24.2. The van der Waals surface area contributed by atoms with Gasteiger partial charge in [0.1, 0.15) is 5.58 Å². The topological polar surface area (TPSA) is 29.3 Å². The summed E-state index contributed by atoms with van der Waals surface area (Å²) in [6.45, 7) is 0. The Kier molecular flexibility index (Phi) is 5.37. The molecular weight excluding hydrogens is 545 g/mol. The van der Waals surface area contributed by atoms with Crippen molar-refractivity contribution in [1.29, 1.82) is 0 Å². The number of pyridine rings is 1. The lowest BCUT2D eigenvalue weighted by atomic mass is 10.0. The largest absolute Gasteiger partial charge is 0.454 e. The molecule has 0 aliphatic carbocycles. The molecule has 3 aromatic heterocycles. The molecule has 0 atom stereocenters. The lowest BCUT2D eigenvalue weighted by Crippen LogP contribution is -2.10. The Bertz CT molecular complexity index is 2460. The number of anilines is 3. The number of hydrogen-bond acceptors (Lipinski definition) is 4. The van der Waals surface area contributed by atoms with Gasteiger partial charge in [0.2, 0.25) is 0 Å². The summed E-state index contributed by atoms with van der Waals surface area (Å²) >= 11 is 1.83. The third-order valence-corrected chi connectivity index (χ3v) is 9.45. The minimum Gasteiger partial charge on any atom is -0.454 e. The van der Waals surface area contributed by atoms with Gasteiger partial charge in [-0.3, -0.25) is 4.98 Å². The highest BCUT2D eigenvalue weighted by Gasteiger charge is 2.23. The Labute approximate surface area is 251 Å². The Balaban J connectivity index is 1.34. The molecule has 3 heterocycles. The number of thiophene rings is 1. The van der Waals surface area contributed by atoms with Crippen LogP contribution in [0.4, 0.5) is 17.1 Å². The number of benzene rings is 6. The third kappa shape index (κ3) is 3.84. The van der Waals surface area contributed by atoms with E-state index >= 15 is 0 Å². The monoisotopic (exact) mass is 568 g/mol. The summed E-state index contributed by atoms with van der Waals surface area (Å²) in [5.41, 5.74) is 8.11. The standard InChI is InChI=1S/C39H24N2OS/c1-2-9-25(10-3-1)26-16-18-27(19-17-26)41(28-20-21-37-32(23-28)29-11-5-7-15-36(29)43-37)34-24-33-30(13-8-22-40-33)38-31-12-4-6-14-35(31)42-39(34)38/h1-24H.